The quantitative estimate of drug-likeness (QED) is 0.179. The van der Waals surface area contributed by atoms with E-state index in [1.807, 2.05) is 7.05 Å². The number of aliphatic hydroxyl groups is 1. The van der Waals surface area contributed by atoms with E-state index >= 15 is 0 Å². The molecular weight excluding hydrogens is 596 g/mol. The summed E-state index contributed by atoms with van der Waals surface area (Å²) in [5.41, 5.74) is 1.80. The summed E-state index contributed by atoms with van der Waals surface area (Å²) in [6.45, 7) is 1.59. The van der Waals surface area contributed by atoms with Crippen LogP contribution in [0.2, 0.25) is 0 Å². The molecule has 1 atom stereocenters. The number of anilines is 1. The van der Waals surface area contributed by atoms with Gasteiger partial charge in [0.1, 0.15) is 24.1 Å². The van der Waals surface area contributed by atoms with Crippen molar-refractivity contribution in [1.29, 1.82) is 0 Å². The summed E-state index contributed by atoms with van der Waals surface area (Å²) in [5.74, 6) is 1.14. The van der Waals surface area contributed by atoms with Crippen LogP contribution in [0.1, 0.15) is 33.6 Å². The number of amides is 2. The van der Waals surface area contributed by atoms with E-state index in [9.17, 15) is 19.5 Å². The summed E-state index contributed by atoms with van der Waals surface area (Å²) in [6.07, 6.45) is 1.98. The Morgan fingerprint density at radius 1 is 0.978 bits per heavy atom. The molecule has 0 spiro atoms. The van der Waals surface area contributed by atoms with E-state index in [4.69, 9.17) is 18.9 Å². The second-order valence-corrected chi connectivity index (χ2v) is 11.3. The summed E-state index contributed by atoms with van der Waals surface area (Å²) < 4.78 is 21.9. The number of aliphatic hydroxyl groups excluding tert-OH is 1. The number of benzene rings is 2. The first kappa shape index (κ1) is 30.9. The molecule has 1 saturated heterocycles. The van der Waals surface area contributed by atoms with Crippen LogP contribution in [0.15, 0.2) is 41.3 Å². The van der Waals surface area contributed by atoms with Crippen molar-refractivity contribution >= 4 is 28.5 Å². The molecule has 0 radical (unpaired) electrons. The molecule has 2 aromatic heterocycles. The van der Waals surface area contributed by atoms with Gasteiger partial charge in [-0.2, -0.15) is 0 Å². The van der Waals surface area contributed by atoms with Gasteiger partial charge in [0, 0.05) is 18.8 Å². The summed E-state index contributed by atoms with van der Waals surface area (Å²) in [6, 6.07) is 8.08. The van der Waals surface area contributed by atoms with E-state index in [1.54, 1.807) is 30.3 Å². The Labute approximate surface area is 264 Å². The van der Waals surface area contributed by atoms with E-state index in [-0.39, 0.29) is 42.4 Å². The van der Waals surface area contributed by atoms with Gasteiger partial charge in [-0.25, -0.2) is 4.98 Å². The molecule has 2 aliphatic rings. The standard InChI is InChI=1S/C32H36N6O8/c1-37-11-8-17(9-12-37)38-31(41)19-13-22-23(14-20(19)32(38)42)36-29(35-22)26-21(7-10-33-30(26)40)34-15-18(39)16-46-25-6-5-24(43-2)27(44-3)28(25)45-4/h5-7,10,13-14,17-18,39H,8-9,11-12,15-16H2,1-4H3,(H,35,36)(H2,33,34,40). The van der Waals surface area contributed by atoms with Crippen LogP contribution >= 0.6 is 0 Å². The Hall–Kier alpha value is -5.08. The topological polar surface area (TPSA) is 171 Å². The van der Waals surface area contributed by atoms with Crippen molar-refractivity contribution in [1.82, 2.24) is 24.8 Å². The number of likely N-dealkylation sites (tertiary alicyclic amines) is 1. The number of hydrogen-bond donors (Lipinski definition) is 4. The number of aromatic amines is 2. The first-order chi connectivity index (χ1) is 22.2. The van der Waals surface area contributed by atoms with Crippen molar-refractivity contribution in [2.75, 3.05) is 59.9 Å². The molecule has 4 N–H and O–H groups in total. The first-order valence-corrected chi connectivity index (χ1v) is 14.9. The maximum absolute atomic E-state index is 13.3. The van der Waals surface area contributed by atoms with Crippen LogP contribution in [0, 0.1) is 0 Å². The zero-order chi connectivity index (χ0) is 32.5. The minimum Gasteiger partial charge on any atom is -0.493 e. The van der Waals surface area contributed by atoms with E-state index in [2.05, 4.69) is 25.2 Å². The van der Waals surface area contributed by atoms with Gasteiger partial charge in [0.15, 0.2) is 11.5 Å². The number of aromatic nitrogens is 3. The van der Waals surface area contributed by atoms with Crippen LogP contribution in [0.5, 0.6) is 23.0 Å². The molecule has 6 rings (SSSR count). The molecule has 14 heteroatoms. The van der Waals surface area contributed by atoms with Crippen molar-refractivity contribution in [3.8, 4) is 34.4 Å². The van der Waals surface area contributed by atoms with Crippen molar-refractivity contribution in [3.05, 3.63) is 58.0 Å². The predicted molar refractivity (Wildman–Crippen MR) is 169 cm³/mol. The van der Waals surface area contributed by atoms with Gasteiger partial charge in [0.05, 0.1) is 49.2 Å². The number of carbonyl (C=O) groups is 2. The number of imidazole rings is 1. The second kappa shape index (κ2) is 12.7. The number of H-pyrrole nitrogens is 2. The van der Waals surface area contributed by atoms with Gasteiger partial charge >= 0.3 is 0 Å². The zero-order valence-electron chi connectivity index (χ0n) is 26.0. The lowest BCUT2D eigenvalue weighted by atomic mass is 10.0. The van der Waals surface area contributed by atoms with Crippen LogP contribution in [-0.4, -0.2) is 108 Å². The number of rotatable bonds is 11. The van der Waals surface area contributed by atoms with E-state index in [0.29, 0.717) is 50.8 Å². The predicted octanol–water partition coefficient (Wildman–Crippen LogP) is 2.49. The molecule has 1 unspecified atom stereocenters. The van der Waals surface area contributed by atoms with Crippen LogP contribution in [0.25, 0.3) is 22.4 Å². The second-order valence-electron chi connectivity index (χ2n) is 11.3. The summed E-state index contributed by atoms with van der Waals surface area (Å²) >= 11 is 0. The Morgan fingerprint density at radius 3 is 2.35 bits per heavy atom. The molecule has 0 aliphatic carbocycles. The summed E-state index contributed by atoms with van der Waals surface area (Å²) in [7, 11) is 6.50. The summed E-state index contributed by atoms with van der Waals surface area (Å²) in [5, 5.41) is 13.8. The molecule has 242 valence electrons. The van der Waals surface area contributed by atoms with Crippen LogP contribution in [0.3, 0.4) is 0 Å². The van der Waals surface area contributed by atoms with Crippen molar-refractivity contribution in [3.63, 3.8) is 0 Å². The number of nitrogens with zero attached hydrogens (tertiary/aromatic N) is 3. The lowest BCUT2D eigenvalue weighted by Crippen LogP contribution is -2.46. The van der Waals surface area contributed by atoms with E-state index < -0.39 is 11.7 Å². The molecule has 2 aromatic carbocycles. The van der Waals surface area contributed by atoms with E-state index in [1.165, 1.54) is 32.4 Å². The number of fused-ring (bicyclic) bond motifs is 2. The third-order valence-corrected chi connectivity index (χ3v) is 8.40. The molecule has 0 saturated carbocycles. The number of pyridine rings is 1. The molecule has 4 heterocycles. The smallest absolute Gasteiger partial charge is 0.261 e. The van der Waals surface area contributed by atoms with Crippen molar-refractivity contribution in [2.24, 2.45) is 0 Å². The Morgan fingerprint density at radius 2 is 1.65 bits per heavy atom. The van der Waals surface area contributed by atoms with Gasteiger partial charge in [-0.3, -0.25) is 19.3 Å². The fraction of sp³-hybridized carbons (Fsp3) is 0.375. The number of carbonyl (C=O) groups excluding carboxylic acids is 2. The van der Waals surface area contributed by atoms with Gasteiger partial charge in [-0.05, 0) is 63.3 Å². The maximum atomic E-state index is 13.3. The van der Waals surface area contributed by atoms with Gasteiger partial charge < -0.3 is 44.2 Å². The minimum atomic E-state index is -0.979. The fourth-order valence-electron chi connectivity index (χ4n) is 5.99. The monoisotopic (exact) mass is 632 g/mol. The number of nitrogens with one attached hydrogen (secondary N) is 3. The zero-order valence-corrected chi connectivity index (χ0v) is 26.0. The number of hydrogen-bond acceptors (Lipinski definition) is 11. The Balaban J connectivity index is 1.18. The first-order valence-electron chi connectivity index (χ1n) is 14.9. The minimum absolute atomic E-state index is 0.0381. The molecule has 0 bridgehead atoms. The third kappa shape index (κ3) is 5.61. The van der Waals surface area contributed by atoms with Crippen LogP contribution in [-0.2, 0) is 0 Å². The lowest BCUT2D eigenvalue weighted by molar-refractivity contribution is 0.0516. The highest BCUT2D eigenvalue weighted by atomic mass is 16.5. The van der Waals surface area contributed by atoms with Crippen LogP contribution in [0.4, 0.5) is 5.69 Å². The van der Waals surface area contributed by atoms with Crippen molar-refractivity contribution in [2.45, 2.75) is 25.0 Å². The molecule has 14 nitrogen and oxygen atoms in total. The van der Waals surface area contributed by atoms with Gasteiger partial charge in [-0.15, -0.1) is 0 Å². The van der Waals surface area contributed by atoms with E-state index in [0.717, 1.165) is 25.9 Å². The highest BCUT2D eigenvalue weighted by Crippen LogP contribution is 2.44. The normalized spacial score (nSPS) is 16.1. The Kier molecular flexibility index (Phi) is 8.56. The van der Waals surface area contributed by atoms with Crippen LogP contribution < -0.4 is 29.8 Å². The molecule has 46 heavy (non-hydrogen) atoms. The van der Waals surface area contributed by atoms with Gasteiger partial charge in [0.2, 0.25) is 11.5 Å². The molecule has 2 aliphatic heterocycles. The highest BCUT2D eigenvalue weighted by Gasteiger charge is 2.41. The largest absolute Gasteiger partial charge is 0.493 e. The Bertz CT molecular complexity index is 1790. The lowest BCUT2D eigenvalue weighted by Gasteiger charge is -2.33. The molecule has 4 aromatic rings. The fourth-order valence-corrected chi connectivity index (χ4v) is 5.99. The number of ether oxygens (including phenoxy) is 4. The number of imide groups is 1. The SMILES string of the molecule is COc1ccc(OCC(O)CNc2cc[nH]c(=O)c2-c2nc3cc4c(cc3[nH]2)C(=O)N(C2CCN(C)CC2)C4=O)c(OC)c1OC. The average Bonchev–Trinajstić information content (AvgIpc) is 3.58. The van der Waals surface area contributed by atoms with Gasteiger partial charge in [0.25, 0.3) is 17.4 Å². The molecule has 1 fully saturated rings. The van der Waals surface area contributed by atoms with Crippen molar-refractivity contribution < 1.29 is 33.6 Å². The summed E-state index contributed by atoms with van der Waals surface area (Å²) in [4.78, 5) is 53.7. The molecular formula is C32H36N6O8. The number of methoxy groups -OCH3 is 3. The third-order valence-electron chi connectivity index (χ3n) is 8.40. The highest BCUT2D eigenvalue weighted by molar-refractivity contribution is 6.23. The average molecular weight is 633 g/mol. The van der Waals surface area contributed by atoms with Gasteiger partial charge in [-0.1, -0.05) is 0 Å². The maximum Gasteiger partial charge on any atom is 0.261 e. The number of piperidine rings is 1. The molecule has 2 amide bonds.